The number of methoxy groups -OCH3 is 1. The predicted octanol–water partition coefficient (Wildman–Crippen LogP) is 3.07. The lowest BCUT2D eigenvalue weighted by Gasteiger charge is -2.09. The van der Waals surface area contributed by atoms with Crippen molar-refractivity contribution in [3.05, 3.63) is 71.7 Å². The number of nitrogens with zero attached hydrogens (tertiary/aromatic N) is 1. The summed E-state index contributed by atoms with van der Waals surface area (Å²) < 4.78 is 17.8. The molecule has 6 nitrogen and oxygen atoms in total. The number of carbonyl (C=O) groups excluding carboxylic acids is 2. The molecule has 25 heavy (non-hydrogen) atoms. The Bertz CT molecular complexity index is 872. The molecule has 0 saturated carbocycles. The molecule has 0 radical (unpaired) electrons. The van der Waals surface area contributed by atoms with Crippen LogP contribution in [0.15, 0.2) is 60.3 Å². The highest BCUT2D eigenvalue weighted by molar-refractivity contribution is 6.09. The average Bonchev–Trinajstić information content (AvgIpc) is 2.62. The highest BCUT2D eigenvalue weighted by atomic mass is 19.1. The van der Waals surface area contributed by atoms with E-state index in [9.17, 15) is 14.0 Å². The highest BCUT2D eigenvalue weighted by Crippen LogP contribution is 2.17. The maximum absolute atomic E-state index is 13.1. The van der Waals surface area contributed by atoms with Crippen molar-refractivity contribution in [2.24, 2.45) is 0 Å². The minimum absolute atomic E-state index is 0.161. The topological polar surface area (TPSA) is 91.2 Å². The first-order valence-corrected chi connectivity index (χ1v) is 7.16. The fourth-order valence-corrected chi connectivity index (χ4v) is 1.95. The van der Waals surface area contributed by atoms with Gasteiger partial charge in [-0.3, -0.25) is 4.79 Å². The molecule has 0 aliphatic carbocycles. The molecule has 0 atom stereocenters. The van der Waals surface area contributed by atoms with Crippen molar-refractivity contribution < 1.29 is 18.7 Å². The van der Waals surface area contributed by atoms with Crippen LogP contribution >= 0.6 is 0 Å². The van der Waals surface area contributed by atoms with Crippen LogP contribution in [0.5, 0.6) is 0 Å². The molecule has 0 fully saturated rings. The Kier molecular flexibility index (Phi) is 5.85. The monoisotopic (exact) mass is 339 g/mol. The minimum atomic E-state index is -0.720. The molecule has 1 amide bonds. The van der Waals surface area contributed by atoms with E-state index in [4.69, 9.17) is 5.26 Å². The minimum Gasteiger partial charge on any atom is -0.465 e. The van der Waals surface area contributed by atoms with E-state index in [1.807, 2.05) is 0 Å². The summed E-state index contributed by atoms with van der Waals surface area (Å²) >= 11 is 0. The van der Waals surface area contributed by atoms with Gasteiger partial charge in [0.2, 0.25) is 0 Å². The van der Waals surface area contributed by atoms with Gasteiger partial charge < -0.3 is 15.4 Å². The van der Waals surface area contributed by atoms with Gasteiger partial charge >= 0.3 is 5.97 Å². The van der Waals surface area contributed by atoms with Crippen molar-refractivity contribution in [3.63, 3.8) is 0 Å². The first-order chi connectivity index (χ1) is 12.0. The Morgan fingerprint density at radius 1 is 1.20 bits per heavy atom. The molecule has 0 unspecified atom stereocenters. The molecule has 2 aromatic rings. The van der Waals surface area contributed by atoms with E-state index >= 15 is 0 Å². The van der Waals surface area contributed by atoms with Crippen molar-refractivity contribution in [2.75, 3.05) is 17.7 Å². The number of hydrogen-bond donors (Lipinski definition) is 2. The van der Waals surface area contributed by atoms with Crippen LogP contribution in [0.3, 0.4) is 0 Å². The summed E-state index contributed by atoms with van der Waals surface area (Å²) in [6.45, 7) is 0. The third kappa shape index (κ3) is 4.65. The number of halogens is 1. The zero-order valence-electron chi connectivity index (χ0n) is 13.2. The lowest BCUT2D eigenvalue weighted by molar-refractivity contribution is -0.112. The zero-order chi connectivity index (χ0) is 18.2. The summed E-state index contributed by atoms with van der Waals surface area (Å²) in [7, 11) is 1.23. The van der Waals surface area contributed by atoms with Crippen LogP contribution in [0.1, 0.15) is 10.4 Å². The molecule has 2 N–H and O–H groups in total. The van der Waals surface area contributed by atoms with E-state index in [0.29, 0.717) is 5.69 Å². The number of hydrogen-bond acceptors (Lipinski definition) is 5. The summed E-state index contributed by atoms with van der Waals surface area (Å²) in [6, 6.07) is 13.6. The second-order valence-electron chi connectivity index (χ2n) is 4.82. The number of rotatable bonds is 5. The standard InChI is InChI=1S/C18H14FN3O3/c1-25-18(24)15-7-2-3-8-16(15)22-17(23)12(10-20)11-21-14-6-4-5-13(19)9-14/h2-9,11,21H,1H3,(H,22,23)/b12-11-. The van der Waals surface area contributed by atoms with Gasteiger partial charge in [-0.05, 0) is 30.3 Å². The second-order valence-corrected chi connectivity index (χ2v) is 4.82. The first kappa shape index (κ1) is 17.7. The molecule has 0 heterocycles. The molecule has 0 aliphatic heterocycles. The fraction of sp³-hybridized carbons (Fsp3) is 0.0556. The van der Waals surface area contributed by atoms with Crippen LogP contribution in [0.25, 0.3) is 0 Å². The van der Waals surface area contributed by atoms with Gasteiger partial charge in [-0.25, -0.2) is 9.18 Å². The van der Waals surface area contributed by atoms with Gasteiger partial charge in [0.05, 0.1) is 18.4 Å². The number of nitriles is 1. The largest absolute Gasteiger partial charge is 0.465 e. The second kappa shape index (κ2) is 8.26. The SMILES string of the molecule is COC(=O)c1ccccc1NC(=O)/C(C#N)=C\Nc1cccc(F)c1. The van der Waals surface area contributed by atoms with Crippen molar-refractivity contribution in [1.29, 1.82) is 5.26 Å². The molecule has 126 valence electrons. The van der Waals surface area contributed by atoms with Crippen LogP contribution in [0.2, 0.25) is 0 Å². The molecule has 2 rings (SSSR count). The number of esters is 1. The predicted molar refractivity (Wildman–Crippen MR) is 90.1 cm³/mol. The molecule has 0 saturated heterocycles. The van der Waals surface area contributed by atoms with Crippen LogP contribution in [0, 0.1) is 17.1 Å². The van der Waals surface area contributed by atoms with Crippen molar-refractivity contribution >= 4 is 23.3 Å². The number of nitrogens with one attached hydrogen (secondary N) is 2. The Labute approximate surface area is 143 Å². The molecule has 0 aliphatic rings. The molecule has 0 spiro atoms. The van der Waals surface area contributed by atoms with Crippen LogP contribution in [-0.2, 0) is 9.53 Å². The third-order valence-corrected chi connectivity index (χ3v) is 3.15. The van der Waals surface area contributed by atoms with Gasteiger partial charge in [0.1, 0.15) is 17.5 Å². The van der Waals surface area contributed by atoms with E-state index in [2.05, 4.69) is 15.4 Å². The molecule has 7 heteroatoms. The Morgan fingerprint density at radius 3 is 2.64 bits per heavy atom. The van der Waals surface area contributed by atoms with Crippen molar-refractivity contribution in [3.8, 4) is 6.07 Å². The summed E-state index contributed by atoms with van der Waals surface area (Å²) in [5, 5.41) is 14.3. The zero-order valence-corrected chi connectivity index (χ0v) is 13.2. The van der Waals surface area contributed by atoms with Crippen molar-refractivity contribution in [1.82, 2.24) is 0 Å². The van der Waals surface area contributed by atoms with E-state index in [-0.39, 0.29) is 16.8 Å². The number of anilines is 2. The summed E-state index contributed by atoms with van der Waals surface area (Å²) in [6.07, 6.45) is 1.16. The molecule has 2 aromatic carbocycles. The van der Waals surface area contributed by atoms with Crippen LogP contribution < -0.4 is 10.6 Å². The van der Waals surface area contributed by atoms with Gasteiger partial charge in [-0.15, -0.1) is 0 Å². The molecule has 0 aromatic heterocycles. The maximum Gasteiger partial charge on any atom is 0.339 e. The smallest absolute Gasteiger partial charge is 0.339 e. The Hall–Kier alpha value is -3.66. The first-order valence-electron chi connectivity index (χ1n) is 7.16. The summed E-state index contributed by atoms with van der Waals surface area (Å²) in [5.41, 5.74) is 0.513. The van der Waals surface area contributed by atoms with E-state index in [0.717, 1.165) is 6.20 Å². The van der Waals surface area contributed by atoms with E-state index in [1.165, 1.54) is 37.4 Å². The van der Waals surface area contributed by atoms with E-state index < -0.39 is 17.7 Å². The normalized spacial score (nSPS) is 10.5. The average molecular weight is 339 g/mol. The number of amides is 1. The number of benzene rings is 2. The number of ether oxygens (including phenoxy) is 1. The third-order valence-electron chi connectivity index (χ3n) is 3.15. The van der Waals surface area contributed by atoms with Crippen LogP contribution in [0.4, 0.5) is 15.8 Å². The van der Waals surface area contributed by atoms with Crippen LogP contribution in [-0.4, -0.2) is 19.0 Å². The Morgan fingerprint density at radius 2 is 1.96 bits per heavy atom. The van der Waals surface area contributed by atoms with Gasteiger partial charge in [0, 0.05) is 11.9 Å². The lowest BCUT2D eigenvalue weighted by atomic mass is 10.1. The summed E-state index contributed by atoms with van der Waals surface area (Å²) in [4.78, 5) is 23.9. The number of para-hydroxylation sites is 1. The van der Waals surface area contributed by atoms with Gasteiger partial charge in [0.15, 0.2) is 0 Å². The van der Waals surface area contributed by atoms with Gasteiger partial charge in [-0.1, -0.05) is 18.2 Å². The quantitative estimate of drug-likeness (QED) is 0.496. The fourth-order valence-electron chi connectivity index (χ4n) is 1.95. The molecule has 0 bridgehead atoms. The van der Waals surface area contributed by atoms with E-state index in [1.54, 1.807) is 24.3 Å². The highest BCUT2D eigenvalue weighted by Gasteiger charge is 2.15. The lowest BCUT2D eigenvalue weighted by Crippen LogP contribution is -2.17. The van der Waals surface area contributed by atoms with Crippen molar-refractivity contribution in [2.45, 2.75) is 0 Å². The molecular formula is C18H14FN3O3. The Balaban J connectivity index is 2.17. The molecular weight excluding hydrogens is 325 g/mol. The van der Waals surface area contributed by atoms with Gasteiger partial charge in [0.25, 0.3) is 5.91 Å². The summed E-state index contributed by atoms with van der Waals surface area (Å²) in [5.74, 6) is -1.78. The number of carbonyl (C=O) groups is 2. The van der Waals surface area contributed by atoms with Gasteiger partial charge in [-0.2, -0.15) is 5.26 Å². The maximum atomic E-state index is 13.1.